The highest BCUT2D eigenvalue weighted by Gasteiger charge is 2.26. The number of fused-ring (bicyclic) bond motifs is 1. The Morgan fingerprint density at radius 2 is 2.04 bits per heavy atom. The number of halogens is 2. The van der Waals surface area contributed by atoms with Gasteiger partial charge in [0.05, 0.1) is 5.69 Å². The van der Waals surface area contributed by atoms with E-state index < -0.39 is 12.6 Å². The molecule has 1 aliphatic rings. The van der Waals surface area contributed by atoms with Crippen molar-refractivity contribution in [3.63, 3.8) is 0 Å². The number of carbonyl (C=O) groups excluding carboxylic acids is 1. The lowest BCUT2D eigenvalue weighted by atomic mass is 10.2. The standard InChI is InChI=1S/C18H18F2N6O2/c19-16(20)28-14-6-2-1-5-13(14)25-10-8-12(11-25)21-18(27)23-17-22-15-7-3-4-9-26(15)24-17/h1-7,9,12,16H,8,10-11H2,(H2,21,23,24,27). The lowest BCUT2D eigenvalue weighted by Crippen LogP contribution is -2.40. The van der Waals surface area contributed by atoms with Crippen LogP contribution in [0.25, 0.3) is 5.65 Å². The SMILES string of the molecule is O=C(Nc1nc2ccccn2n1)NC1CCN(c2ccccc2OC(F)F)C1. The lowest BCUT2D eigenvalue weighted by Gasteiger charge is -2.22. The largest absolute Gasteiger partial charge is 0.433 e. The van der Waals surface area contributed by atoms with Gasteiger partial charge < -0.3 is 15.0 Å². The minimum absolute atomic E-state index is 0.122. The fourth-order valence-electron chi connectivity index (χ4n) is 3.22. The third-order valence-electron chi connectivity index (χ3n) is 4.41. The van der Waals surface area contributed by atoms with Crippen LogP contribution < -0.4 is 20.3 Å². The zero-order chi connectivity index (χ0) is 19.5. The quantitative estimate of drug-likeness (QED) is 0.702. The van der Waals surface area contributed by atoms with Crippen molar-refractivity contribution in [2.24, 2.45) is 0 Å². The maximum absolute atomic E-state index is 12.6. The van der Waals surface area contributed by atoms with Crippen molar-refractivity contribution in [1.29, 1.82) is 0 Å². The van der Waals surface area contributed by atoms with E-state index >= 15 is 0 Å². The molecule has 1 unspecified atom stereocenters. The monoisotopic (exact) mass is 388 g/mol. The smallest absolute Gasteiger partial charge is 0.387 e. The van der Waals surface area contributed by atoms with E-state index in [1.165, 1.54) is 6.07 Å². The predicted molar refractivity (Wildman–Crippen MR) is 98.8 cm³/mol. The van der Waals surface area contributed by atoms with E-state index in [0.717, 1.165) is 0 Å². The first kappa shape index (κ1) is 18.0. The van der Waals surface area contributed by atoms with E-state index in [9.17, 15) is 13.6 Å². The third kappa shape index (κ3) is 3.95. The number of anilines is 2. The summed E-state index contributed by atoms with van der Waals surface area (Å²) in [6.45, 7) is -1.79. The Morgan fingerprint density at radius 3 is 2.86 bits per heavy atom. The number of nitrogens with zero attached hydrogens (tertiary/aromatic N) is 4. The summed E-state index contributed by atoms with van der Waals surface area (Å²) in [6.07, 6.45) is 2.41. The molecule has 1 aromatic carbocycles. The van der Waals surface area contributed by atoms with Crippen molar-refractivity contribution in [2.45, 2.75) is 19.1 Å². The Hall–Kier alpha value is -3.43. The molecule has 3 heterocycles. The molecule has 2 amide bonds. The summed E-state index contributed by atoms with van der Waals surface area (Å²) in [5, 5.41) is 9.64. The number of alkyl halides is 2. The summed E-state index contributed by atoms with van der Waals surface area (Å²) in [6, 6.07) is 11.5. The van der Waals surface area contributed by atoms with Crippen LogP contribution in [0.5, 0.6) is 5.75 Å². The van der Waals surface area contributed by atoms with Gasteiger partial charge in [-0.05, 0) is 30.7 Å². The van der Waals surface area contributed by atoms with Gasteiger partial charge in [-0.25, -0.2) is 9.31 Å². The van der Waals surface area contributed by atoms with Crippen molar-refractivity contribution in [3.05, 3.63) is 48.7 Å². The van der Waals surface area contributed by atoms with Crippen molar-refractivity contribution in [3.8, 4) is 5.75 Å². The number of pyridine rings is 1. The molecule has 0 aliphatic carbocycles. The van der Waals surface area contributed by atoms with Crippen molar-refractivity contribution in [2.75, 3.05) is 23.3 Å². The molecule has 1 aliphatic heterocycles. The second-order valence-electron chi connectivity index (χ2n) is 6.32. The molecule has 10 heteroatoms. The van der Waals surface area contributed by atoms with E-state index in [-0.39, 0.29) is 17.7 Å². The molecule has 1 fully saturated rings. The minimum Gasteiger partial charge on any atom is -0.433 e. The van der Waals surface area contributed by atoms with E-state index in [4.69, 9.17) is 0 Å². The van der Waals surface area contributed by atoms with Crippen molar-refractivity contribution >= 4 is 23.3 Å². The van der Waals surface area contributed by atoms with E-state index in [2.05, 4.69) is 25.5 Å². The maximum Gasteiger partial charge on any atom is 0.387 e. The van der Waals surface area contributed by atoms with Crippen LogP contribution in [-0.2, 0) is 0 Å². The number of urea groups is 1. The first-order valence-corrected chi connectivity index (χ1v) is 8.76. The van der Waals surface area contributed by atoms with Gasteiger partial charge in [-0.15, -0.1) is 5.10 Å². The van der Waals surface area contributed by atoms with Crippen LogP contribution in [0.4, 0.5) is 25.2 Å². The van der Waals surface area contributed by atoms with Crippen molar-refractivity contribution in [1.82, 2.24) is 19.9 Å². The fraction of sp³-hybridized carbons (Fsp3) is 0.278. The summed E-state index contributed by atoms with van der Waals surface area (Å²) in [5.41, 5.74) is 1.20. The van der Waals surface area contributed by atoms with E-state index in [0.29, 0.717) is 30.8 Å². The molecule has 1 saturated heterocycles. The normalized spacial score (nSPS) is 16.5. The van der Waals surface area contributed by atoms with Gasteiger partial charge in [-0.1, -0.05) is 18.2 Å². The van der Waals surface area contributed by atoms with Crippen LogP contribution in [0.1, 0.15) is 6.42 Å². The summed E-state index contributed by atoms with van der Waals surface area (Å²) < 4.78 is 31.4. The second-order valence-corrected chi connectivity index (χ2v) is 6.32. The van der Waals surface area contributed by atoms with Crippen LogP contribution in [0.15, 0.2) is 48.7 Å². The summed E-state index contributed by atoms with van der Waals surface area (Å²) in [7, 11) is 0. The number of ether oxygens (including phenoxy) is 1. The minimum atomic E-state index is -2.89. The van der Waals surface area contributed by atoms with Gasteiger partial charge in [0.1, 0.15) is 5.75 Å². The Morgan fingerprint density at radius 1 is 1.21 bits per heavy atom. The zero-order valence-corrected chi connectivity index (χ0v) is 14.8. The molecule has 0 radical (unpaired) electrons. The predicted octanol–water partition coefficient (Wildman–Crippen LogP) is 2.73. The number of aromatic nitrogens is 3. The van der Waals surface area contributed by atoms with Gasteiger partial charge >= 0.3 is 12.6 Å². The molecular formula is C18H18F2N6O2. The molecular weight excluding hydrogens is 370 g/mol. The fourth-order valence-corrected chi connectivity index (χ4v) is 3.22. The Bertz CT molecular complexity index is 946. The van der Waals surface area contributed by atoms with Crippen LogP contribution in [0.3, 0.4) is 0 Å². The average Bonchev–Trinajstić information content (AvgIpc) is 3.27. The molecule has 0 bridgehead atoms. The number of nitrogens with one attached hydrogen (secondary N) is 2. The lowest BCUT2D eigenvalue weighted by molar-refractivity contribution is -0.0495. The molecule has 0 saturated carbocycles. The Balaban J connectivity index is 1.36. The zero-order valence-electron chi connectivity index (χ0n) is 14.8. The highest BCUT2D eigenvalue weighted by Crippen LogP contribution is 2.31. The molecule has 146 valence electrons. The van der Waals surface area contributed by atoms with Gasteiger partial charge in [0, 0.05) is 25.3 Å². The molecule has 28 heavy (non-hydrogen) atoms. The molecule has 0 spiro atoms. The molecule has 2 aromatic heterocycles. The molecule has 1 atom stereocenters. The van der Waals surface area contributed by atoms with Crippen LogP contribution in [-0.4, -0.2) is 46.4 Å². The average molecular weight is 388 g/mol. The molecule has 2 N–H and O–H groups in total. The van der Waals surface area contributed by atoms with E-state index in [1.807, 2.05) is 17.0 Å². The number of hydrogen-bond acceptors (Lipinski definition) is 5. The first-order chi connectivity index (χ1) is 13.6. The summed E-state index contributed by atoms with van der Waals surface area (Å²) in [4.78, 5) is 18.4. The number of hydrogen-bond donors (Lipinski definition) is 2. The highest BCUT2D eigenvalue weighted by molar-refractivity contribution is 5.87. The number of carbonyl (C=O) groups is 1. The Kier molecular flexibility index (Phi) is 4.92. The molecule has 8 nitrogen and oxygen atoms in total. The first-order valence-electron chi connectivity index (χ1n) is 8.76. The number of benzene rings is 1. The van der Waals surface area contributed by atoms with Gasteiger partial charge in [-0.2, -0.15) is 13.8 Å². The number of amides is 2. The third-order valence-corrected chi connectivity index (χ3v) is 4.41. The second kappa shape index (κ2) is 7.67. The maximum atomic E-state index is 12.6. The van der Waals surface area contributed by atoms with Gasteiger partial charge in [-0.3, -0.25) is 5.32 Å². The molecule has 4 rings (SSSR count). The Labute approximate surface area is 159 Å². The topological polar surface area (TPSA) is 83.8 Å². The van der Waals surface area contributed by atoms with Crippen molar-refractivity contribution < 1.29 is 18.3 Å². The number of rotatable bonds is 5. The van der Waals surface area contributed by atoms with Gasteiger partial charge in [0.15, 0.2) is 5.65 Å². The van der Waals surface area contributed by atoms with Gasteiger partial charge in [0.25, 0.3) is 5.95 Å². The molecule has 3 aromatic rings. The van der Waals surface area contributed by atoms with Gasteiger partial charge in [0.2, 0.25) is 0 Å². The van der Waals surface area contributed by atoms with Crippen LogP contribution in [0, 0.1) is 0 Å². The van der Waals surface area contributed by atoms with E-state index in [1.54, 1.807) is 35.0 Å². The number of para-hydroxylation sites is 2. The van der Waals surface area contributed by atoms with Crippen LogP contribution >= 0.6 is 0 Å². The van der Waals surface area contributed by atoms with Crippen LogP contribution in [0.2, 0.25) is 0 Å². The summed E-state index contributed by atoms with van der Waals surface area (Å²) >= 11 is 0. The highest BCUT2D eigenvalue weighted by atomic mass is 19.3. The summed E-state index contributed by atoms with van der Waals surface area (Å²) in [5.74, 6) is 0.325.